The molecule has 0 atom stereocenters. The van der Waals surface area contributed by atoms with E-state index in [1.54, 1.807) is 25.1 Å². The summed E-state index contributed by atoms with van der Waals surface area (Å²) >= 11 is 0. The van der Waals surface area contributed by atoms with Crippen molar-refractivity contribution in [2.75, 3.05) is 16.2 Å². The monoisotopic (exact) mass is 242 g/mol. The van der Waals surface area contributed by atoms with Crippen LogP contribution in [0.2, 0.25) is 0 Å². The van der Waals surface area contributed by atoms with Crippen LogP contribution in [0.3, 0.4) is 0 Å². The molecule has 0 aliphatic rings. The molecule has 0 aromatic heterocycles. The number of anilines is 2. The van der Waals surface area contributed by atoms with Gasteiger partial charge in [0, 0.05) is 5.69 Å². The van der Waals surface area contributed by atoms with Crippen LogP contribution in [0.5, 0.6) is 0 Å². The Morgan fingerprint density at radius 1 is 1.38 bits per heavy atom. The van der Waals surface area contributed by atoms with Crippen LogP contribution in [0.4, 0.5) is 11.4 Å². The maximum absolute atomic E-state index is 11.7. The van der Waals surface area contributed by atoms with E-state index in [-0.39, 0.29) is 11.7 Å². The highest BCUT2D eigenvalue weighted by Crippen LogP contribution is 2.21. The first-order chi connectivity index (χ1) is 7.32. The zero-order valence-corrected chi connectivity index (χ0v) is 10.6. The minimum absolute atomic E-state index is 0.0962. The SMILES string of the molecule is Cc1c(N)cccc1NS(=O)(=O)CC(C)C. The van der Waals surface area contributed by atoms with E-state index in [0.29, 0.717) is 11.4 Å². The standard InChI is InChI=1S/C11H18N2O2S/c1-8(2)7-16(14,15)13-11-6-4-5-10(12)9(11)3/h4-6,8,13H,7,12H2,1-3H3. The molecule has 0 unspecified atom stereocenters. The van der Waals surface area contributed by atoms with Gasteiger partial charge in [0.15, 0.2) is 0 Å². The summed E-state index contributed by atoms with van der Waals surface area (Å²) in [6.45, 7) is 5.53. The molecule has 0 fully saturated rings. The first-order valence-electron chi connectivity index (χ1n) is 5.17. The summed E-state index contributed by atoms with van der Waals surface area (Å²) in [7, 11) is -3.28. The van der Waals surface area contributed by atoms with Crippen LogP contribution >= 0.6 is 0 Å². The Morgan fingerprint density at radius 2 is 2.00 bits per heavy atom. The molecule has 0 heterocycles. The van der Waals surface area contributed by atoms with Gasteiger partial charge in [-0.05, 0) is 30.5 Å². The lowest BCUT2D eigenvalue weighted by Crippen LogP contribution is -2.20. The van der Waals surface area contributed by atoms with Crippen molar-refractivity contribution in [3.05, 3.63) is 23.8 Å². The Labute approximate surface area is 96.9 Å². The smallest absolute Gasteiger partial charge is 0.232 e. The van der Waals surface area contributed by atoms with Gasteiger partial charge >= 0.3 is 0 Å². The van der Waals surface area contributed by atoms with Gasteiger partial charge in [-0.1, -0.05) is 19.9 Å². The number of hydrogen-bond acceptors (Lipinski definition) is 3. The molecule has 1 aromatic carbocycles. The number of nitrogen functional groups attached to an aromatic ring is 1. The Balaban J connectivity index is 2.93. The van der Waals surface area contributed by atoms with E-state index >= 15 is 0 Å². The second-order valence-corrected chi connectivity index (χ2v) is 6.06. The zero-order valence-electron chi connectivity index (χ0n) is 9.82. The summed E-state index contributed by atoms with van der Waals surface area (Å²) in [5.74, 6) is 0.209. The molecule has 1 aromatic rings. The van der Waals surface area contributed by atoms with Gasteiger partial charge in [-0.3, -0.25) is 4.72 Å². The van der Waals surface area contributed by atoms with Crippen molar-refractivity contribution in [3.8, 4) is 0 Å². The van der Waals surface area contributed by atoms with E-state index in [2.05, 4.69) is 4.72 Å². The van der Waals surface area contributed by atoms with Gasteiger partial charge in [0.2, 0.25) is 10.0 Å². The summed E-state index contributed by atoms with van der Waals surface area (Å²) in [5, 5.41) is 0. The minimum atomic E-state index is -3.28. The van der Waals surface area contributed by atoms with Gasteiger partial charge < -0.3 is 5.73 Å². The molecule has 0 saturated carbocycles. The Kier molecular flexibility index (Phi) is 3.80. The number of sulfonamides is 1. The summed E-state index contributed by atoms with van der Waals surface area (Å²) < 4.78 is 26.0. The van der Waals surface area contributed by atoms with Crippen molar-refractivity contribution in [3.63, 3.8) is 0 Å². The first-order valence-corrected chi connectivity index (χ1v) is 6.82. The van der Waals surface area contributed by atoms with E-state index < -0.39 is 10.0 Å². The minimum Gasteiger partial charge on any atom is -0.398 e. The number of nitrogens with one attached hydrogen (secondary N) is 1. The zero-order chi connectivity index (χ0) is 12.3. The topological polar surface area (TPSA) is 72.2 Å². The summed E-state index contributed by atoms with van der Waals surface area (Å²) in [6.07, 6.45) is 0. The molecule has 1 rings (SSSR count). The molecular formula is C11H18N2O2S. The lowest BCUT2D eigenvalue weighted by molar-refractivity contribution is 0.587. The van der Waals surface area contributed by atoms with Gasteiger partial charge in [0.05, 0.1) is 11.4 Å². The van der Waals surface area contributed by atoms with E-state index in [9.17, 15) is 8.42 Å². The third-order valence-corrected chi connectivity index (χ3v) is 3.83. The average molecular weight is 242 g/mol. The fourth-order valence-corrected chi connectivity index (χ4v) is 2.93. The predicted octanol–water partition coefficient (Wildman–Crippen LogP) is 1.97. The van der Waals surface area contributed by atoms with E-state index in [0.717, 1.165) is 5.56 Å². The second kappa shape index (κ2) is 4.74. The normalized spacial score (nSPS) is 11.8. The molecule has 0 amide bonds. The second-order valence-electron chi connectivity index (χ2n) is 4.30. The van der Waals surface area contributed by atoms with Crippen molar-refractivity contribution in [2.24, 2.45) is 5.92 Å². The first kappa shape index (κ1) is 12.8. The van der Waals surface area contributed by atoms with Crippen LogP contribution < -0.4 is 10.5 Å². The molecule has 0 aliphatic heterocycles. The van der Waals surface area contributed by atoms with Crippen LogP contribution in [-0.4, -0.2) is 14.2 Å². The number of nitrogens with two attached hydrogens (primary N) is 1. The van der Waals surface area contributed by atoms with Crippen LogP contribution in [-0.2, 0) is 10.0 Å². The van der Waals surface area contributed by atoms with Crippen LogP contribution in [0.1, 0.15) is 19.4 Å². The largest absolute Gasteiger partial charge is 0.398 e. The highest BCUT2D eigenvalue weighted by Gasteiger charge is 2.14. The van der Waals surface area contributed by atoms with Crippen LogP contribution in [0, 0.1) is 12.8 Å². The third-order valence-electron chi connectivity index (χ3n) is 2.19. The molecule has 5 heteroatoms. The highest BCUT2D eigenvalue weighted by atomic mass is 32.2. The van der Waals surface area contributed by atoms with Crippen molar-refractivity contribution in [1.29, 1.82) is 0 Å². The van der Waals surface area contributed by atoms with E-state index in [1.165, 1.54) is 0 Å². The number of hydrogen-bond donors (Lipinski definition) is 2. The molecule has 4 nitrogen and oxygen atoms in total. The van der Waals surface area contributed by atoms with Crippen molar-refractivity contribution in [2.45, 2.75) is 20.8 Å². The van der Waals surface area contributed by atoms with Gasteiger partial charge in [0.1, 0.15) is 0 Å². The lowest BCUT2D eigenvalue weighted by Gasteiger charge is -2.12. The fourth-order valence-electron chi connectivity index (χ4n) is 1.41. The Bertz CT molecular complexity index is 467. The number of benzene rings is 1. The molecule has 0 radical (unpaired) electrons. The summed E-state index contributed by atoms with van der Waals surface area (Å²) in [4.78, 5) is 0. The molecule has 0 saturated heterocycles. The van der Waals surface area contributed by atoms with E-state index in [1.807, 2.05) is 13.8 Å². The molecule has 0 spiro atoms. The molecule has 90 valence electrons. The van der Waals surface area contributed by atoms with E-state index in [4.69, 9.17) is 5.73 Å². The third kappa shape index (κ3) is 3.41. The van der Waals surface area contributed by atoms with Crippen LogP contribution in [0.25, 0.3) is 0 Å². The Morgan fingerprint density at radius 3 is 2.56 bits per heavy atom. The maximum atomic E-state index is 11.7. The van der Waals surface area contributed by atoms with Gasteiger partial charge in [0.25, 0.3) is 0 Å². The van der Waals surface area contributed by atoms with Crippen LogP contribution in [0.15, 0.2) is 18.2 Å². The van der Waals surface area contributed by atoms with Crippen molar-refractivity contribution < 1.29 is 8.42 Å². The van der Waals surface area contributed by atoms with Crippen molar-refractivity contribution >= 4 is 21.4 Å². The van der Waals surface area contributed by atoms with Gasteiger partial charge in [-0.15, -0.1) is 0 Å². The molecule has 3 N–H and O–H groups in total. The maximum Gasteiger partial charge on any atom is 0.232 e. The van der Waals surface area contributed by atoms with Crippen molar-refractivity contribution in [1.82, 2.24) is 0 Å². The highest BCUT2D eigenvalue weighted by molar-refractivity contribution is 7.92. The average Bonchev–Trinajstić information content (AvgIpc) is 2.10. The van der Waals surface area contributed by atoms with Gasteiger partial charge in [-0.25, -0.2) is 8.42 Å². The number of rotatable bonds is 4. The summed E-state index contributed by atoms with van der Waals surface area (Å²) in [6, 6.07) is 5.19. The molecule has 0 bridgehead atoms. The molecule has 0 aliphatic carbocycles. The lowest BCUT2D eigenvalue weighted by atomic mass is 10.2. The molecule has 16 heavy (non-hydrogen) atoms. The summed E-state index contributed by atoms with van der Waals surface area (Å²) in [5.41, 5.74) is 7.61. The van der Waals surface area contributed by atoms with Gasteiger partial charge in [-0.2, -0.15) is 0 Å². The quantitative estimate of drug-likeness (QED) is 0.793. The Hall–Kier alpha value is -1.23. The fraction of sp³-hybridized carbons (Fsp3) is 0.455. The molecular weight excluding hydrogens is 224 g/mol. The predicted molar refractivity (Wildman–Crippen MR) is 67.8 cm³/mol.